The highest BCUT2D eigenvalue weighted by atomic mass is 35.5. The third-order valence-corrected chi connectivity index (χ3v) is 5.35. The lowest BCUT2D eigenvalue weighted by molar-refractivity contribution is -0.149. The van der Waals surface area contributed by atoms with E-state index in [0.29, 0.717) is 0 Å². The Kier molecular flexibility index (Phi) is 3.42. The van der Waals surface area contributed by atoms with Gasteiger partial charge in [0.15, 0.2) is 0 Å². The second kappa shape index (κ2) is 4.93. The Morgan fingerprint density at radius 1 is 1.37 bits per heavy atom. The van der Waals surface area contributed by atoms with Gasteiger partial charge in [-0.25, -0.2) is 0 Å². The molecule has 0 amide bonds. The fourth-order valence-electron chi connectivity index (χ4n) is 3.38. The van der Waals surface area contributed by atoms with E-state index in [1.807, 2.05) is 31.2 Å². The molecule has 2 bridgehead atoms. The zero-order chi connectivity index (χ0) is 13.5. The molecule has 1 heterocycles. The summed E-state index contributed by atoms with van der Waals surface area (Å²) in [5.74, 6) is 0.220. The molecule has 3 rings (SSSR count). The van der Waals surface area contributed by atoms with Crippen LogP contribution in [0.2, 0.25) is 0 Å². The van der Waals surface area contributed by atoms with Crippen molar-refractivity contribution in [1.29, 1.82) is 0 Å². The molecule has 3 heteroatoms. The number of ether oxygens (including phenoxy) is 1. The quantitative estimate of drug-likeness (QED) is 0.664. The lowest BCUT2D eigenvalue weighted by atomic mass is 9.66. The third-order valence-electron chi connectivity index (χ3n) is 4.62. The summed E-state index contributed by atoms with van der Waals surface area (Å²) in [4.78, 5) is 0. The zero-order valence-corrected chi connectivity index (χ0v) is 11.8. The molecule has 1 aliphatic carbocycles. The number of rotatable bonds is 2. The van der Waals surface area contributed by atoms with Gasteiger partial charge >= 0.3 is 0 Å². The van der Waals surface area contributed by atoms with Gasteiger partial charge in [-0.1, -0.05) is 42.5 Å². The van der Waals surface area contributed by atoms with Crippen molar-refractivity contribution in [2.75, 3.05) is 6.61 Å². The molecule has 1 aromatic carbocycles. The molecule has 0 spiro atoms. The first-order valence-electron chi connectivity index (χ1n) is 6.82. The summed E-state index contributed by atoms with van der Waals surface area (Å²) in [5.41, 5.74) is 0.738. The predicted molar refractivity (Wildman–Crippen MR) is 76.1 cm³/mol. The number of hydrogen-bond acceptors (Lipinski definition) is 2. The number of aliphatic hydroxyl groups excluding tert-OH is 1. The van der Waals surface area contributed by atoms with Crippen molar-refractivity contribution >= 4 is 11.6 Å². The number of halogens is 1. The Balaban J connectivity index is 1.98. The van der Waals surface area contributed by atoms with Crippen LogP contribution >= 0.6 is 11.6 Å². The van der Waals surface area contributed by atoms with Crippen LogP contribution in [0.5, 0.6) is 0 Å². The summed E-state index contributed by atoms with van der Waals surface area (Å²) >= 11 is 6.69. The van der Waals surface area contributed by atoms with E-state index in [9.17, 15) is 5.11 Å². The van der Waals surface area contributed by atoms with Gasteiger partial charge in [-0.3, -0.25) is 0 Å². The minimum Gasteiger partial charge on any atom is -0.395 e. The van der Waals surface area contributed by atoms with Crippen molar-refractivity contribution in [3.8, 4) is 0 Å². The highest BCUT2D eigenvalue weighted by Gasteiger charge is 2.53. The summed E-state index contributed by atoms with van der Waals surface area (Å²) < 4.78 is 6.21. The zero-order valence-electron chi connectivity index (χ0n) is 11.0. The van der Waals surface area contributed by atoms with E-state index in [0.717, 1.165) is 6.42 Å². The number of benzene rings is 1. The van der Waals surface area contributed by atoms with Crippen LogP contribution in [0.1, 0.15) is 25.0 Å². The van der Waals surface area contributed by atoms with Gasteiger partial charge in [0.05, 0.1) is 29.6 Å². The number of alkyl halides is 1. The van der Waals surface area contributed by atoms with E-state index in [2.05, 4.69) is 18.2 Å². The topological polar surface area (TPSA) is 29.5 Å². The van der Waals surface area contributed by atoms with E-state index >= 15 is 0 Å². The summed E-state index contributed by atoms with van der Waals surface area (Å²) in [6.07, 6.45) is 5.03. The van der Waals surface area contributed by atoms with Gasteiger partial charge in [0.1, 0.15) is 0 Å². The molecular formula is C16H19ClO2. The Labute approximate surface area is 119 Å². The second-order valence-electron chi connectivity index (χ2n) is 5.58. The number of hydrogen-bond donors (Lipinski definition) is 1. The van der Waals surface area contributed by atoms with Crippen LogP contribution in [0.25, 0.3) is 0 Å². The Morgan fingerprint density at radius 3 is 2.79 bits per heavy atom. The first-order valence-corrected chi connectivity index (χ1v) is 7.26. The molecule has 0 aromatic heterocycles. The number of aliphatic hydroxyl groups is 1. The molecule has 2 aliphatic rings. The van der Waals surface area contributed by atoms with Crippen molar-refractivity contribution in [2.24, 2.45) is 11.3 Å². The molecule has 0 saturated carbocycles. The molecule has 19 heavy (non-hydrogen) atoms. The Bertz CT molecular complexity index is 473. The first kappa shape index (κ1) is 13.2. The molecule has 1 fully saturated rings. The molecule has 1 N–H and O–H groups in total. The fraction of sp³-hybridized carbons (Fsp3) is 0.500. The van der Waals surface area contributed by atoms with Crippen LogP contribution in [-0.2, 0) is 4.74 Å². The van der Waals surface area contributed by atoms with Crippen LogP contribution < -0.4 is 0 Å². The Morgan fingerprint density at radius 2 is 2.11 bits per heavy atom. The molecule has 2 nitrogen and oxygen atoms in total. The van der Waals surface area contributed by atoms with Gasteiger partial charge in [-0.15, -0.1) is 11.6 Å². The molecule has 5 atom stereocenters. The number of fused-ring (bicyclic) bond motifs is 2. The minimum absolute atomic E-state index is 0.0170. The van der Waals surface area contributed by atoms with Crippen molar-refractivity contribution in [3.63, 3.8) is 0 Å². The van der Waals surface area contributed by atoms with Crippen molar-refractivity contribution in [1.82, 2.24) is 0 Å². The molecule has 1 saturated heterocycles. The fourth-order valence-corrected chi connectivity index (χ4v) is 3.93. The van der Waals surface area contributed by atoms with E-state index in [1.165, 1.54) is 5.56 Å². The lowest BCUT2D eigenvalue weighted by Crippen LogP contribution is -2.55. The molecule has 1 aliphatic heterocycles. The maximum atomic E-state index is 9.78. The largest absolute Gasteiger partial charge is 0.395 e. The van der Waals surface area contributed by atoms with Gasteiger partial charge in [0, 0.05) is 5.92 Å². The molecular weight excluding hydrogens is 260 g/mol. The standard InChI is InChI=1S/C16H19ClO2/c1-11-16(10-18)9-5-8-13(15(16)17)14(19-11)12-6-3-2-4-7-12/h2-7,9,11,13-15,18H,8,10H2,1H3/t11-,13-,14+,15-,16-/m1/s1. The van der Waals surface area contributed by atoms with Crippen molar-refractivity contribution < 1.29 is 9.84 Å². The molecule has 1 aromatic rings. The van der Waals surface area contributed by atoms with Crippen LogP contribution in [-0.4, -0.2) is 23.2 Å². The van der Waals surface area contributed by atoms with Gasteiger partial charge in [-0.05, 0) is 18.9 Å². The monoisotopic (exact) mass is 278 g/mol. The van der Waals surface area contributed by atoms with E-state index in [1.54, 1.807) is 0 Å². The average Bonchev–Trinajstić information content (AvgIpc) is 2.44. The molecule has 0 radical (unpaired) electrons. The average molecular weight is 279 g/mol. The van der Waals surface area contributed by atoms with E-state index in [-0.39, 0.29) is 30.1 Å². The normalized spacial score (nSPS) is 41.2. The van der Waals surface area contributed by atoms with Crippen LogP contribution in [0, 0.1) is 11.3 Å². The summed E-state index contributed by atoms with van der Waals surface area (Å²) in [6, 6.07) is 10.2. The maximum Gasteiger partial charge on any atom is 0.0874 e. The molecule has 0 unspecified atom stereocenters. The maximum absolute atomic E-state index is 9.78. The van der Waals surface area contributed by atoms with Gasteiger partial charge < -0.3 is 9.84 Å². The van der Waals surface area contributed by atoms with Gasteiger partial charge in [-0.2, -0.15) is 0 Å². The summed E-state index contributed by atoms with van der Waals surface area (Å²) in [5, 5.41) is 9.69. The Hall–Kier alpha value is -0.830. The number of allylic oxidation sites excluding steroid dienone is 1. The predicted octanol–water partition coefficient (Wildman–Crippen LogP) is 3.31. The minimum atomic E-state index is -0.435. The highest BCUT2D eigenvalue weighted by molar-refractivity contribution is 6.21. The highest BCUT2D eigenvalue weighted by Crippen LogP contribution is 2.52. The van der Waals surface area contributed by atoms with Crippen LogP contribution in [0.15, 0.2) is 42.5 Å². The van der Waals surface area contributed by atoms with Gasteiger partial charge in [0.2, 0.25) is 0 Å². The second-order valence-corrected chi connectivity index (χ2v) is 6.05. The van der Waals surface area contributed by atoms with Crippen LogP contribution in [0.4, 0.5) is 0 Å². The summed E-state index contributed by atoms with van der Waals surface area (Å²) in [6.45, 7) is 2.05. The SMILES string of the molecule is C[C@H]1O[C@@H](c2ccccc2)[C@H]2CC=C[C@]1(CO)[C@@H]2Cl. The first-order chi connectivity index (χ1) is 9.19. The van der Waals surface area contributed by atoms with E-state index < -0.39 is 5.41 Å². The molecule has 102 valence electrons. The van der Waals surface area contributed by atoms with E-state index in [4.69, 9.17) is 16.3 Å². The van der Waals surface area contributed by atoms with Crippen molar-refractivity contribution in [3.05, 3.63) is 48.0 Å². The lowest BCUT2D eigenvalue weighted by Gasteiger charge is -2.52. The summed E-state index contributed by atoms with van der Waals surface area (Å²) in [7, 11) is 0. The smallest absolute Gasteiger partial charge is 0.0874 e. The third kappa shape index (κ3) is 1.94. The van der Waals surface area contributed by atoms with Crippen LogP contribution in [0.3, 0.4) is 0 Å². The van der Waals surface area contributed by atoms with Crippen molar-refractivity contribution in [2.45, 2.75) is 30.9 Å². The van der Waals surface area contributed by atoms with Gasteiger partial charge in [0.25, 0.3) is 0 Å².